The van der Waals surface area contributed by atoms with Crippen molar-refractivity contribution in [2.75, 3.05) is 49.6 Å². The van der Waals surface area contributed by atoms with Crippen LogP contribution in [0.3, 0.4) is 0 Å². The smallest absolute Gasteiger partial charge is 0.340 e. The van der Waals surface area contributed by atoms with Crippen molar-refractivity contribution in [3.8, 4) is 0 Å². The second-order valence-electron chi connectivity index (χ2n) is 5.58. The summed E-state index contributed by atoms with van der Waals surface area (Å²) in [5.74, 6) is -6.06. The van der Waals surface area contributed by atoms with Gasteiger partial charge in [0.25, 0.3) is 0 Å². The van der Waals surface area contributed by atoms with Crippen LogP contribution in [0.1, 0.15) is 0 Å². The van der Waals surface area contributed by atoms with Gasteiger partial charge in [0.2, 0.25) is 5.41 Å². The van der Waals surface area contributed by atoms with Crippen LogP contribution in [0.2, 0.25) is 0 Å². The molecule has 0 aromatic carbocycles. The van der Waals surface area contributed by atoms with Crippen molar-refractivity contribution in [2.45, 2.75) is 0 Å². The predicted octanol–water partition coefficient (Wildman–Crippen LogP) is -1.04. The van der Waals surface area contributed by atoms with E-state index in [2.05, 4.69) is 9.47 Å². The molecular weight excluding hydrogens is 378 g/mol. The molecule has 0 aromatic heterocycles. The number of rotatable bonds is 6. The summed E-state index contributed by atoms with van der Waals surface area (Å²) in [5, 5.41) is 0. The molecule has 0 amide bonds. The summed E-state index contributed by atoms with van der Waals surface area (Å²) in [5.41, 5.74) is -4.95. The van der Waals surface area contributed by atoms with E-state index in [1.165, 1.54) is 19.0 Å². The average Bonchev–Trinajstić information content (AvgIpc) is 3.03. The maximum atomic E-state index is 12.9. The van der Waals surface area contributed by atoms with Gasteiger partial charge in [0.05, 0.1) is 58.0 Å². The van der Waals surface area contributed by atoms with Crippen molar-refractivity contribution in [2.24, 2.45) is 5.41 Å². The Labute approximate surface area is 160 Å². The number of hydrogen-bond acceptors (Lipinski definition) is 11. The van der Waals surface area contributed by atoms with Gasteiger partial charge in [-0.05, 0) is 0 Å². The van der Waals surface area contributed by atoms with Crippen molar-refractivity contribution in [1.29, 1.82) is 0 Å². The fourth-order valence-electron chi connectivity index (χ4n) is 3.05. The molecule has 1 aliphatic rings. The molecule has 154 valence electrons. The number of carbonyl (C=O) groups excluding carboxylic acids is 5. The fourth-order valence-corrected chi connectivity index (χ4v) is 3.05. The van der Waals surface area contributed by atoms with Gasteiger partial charge in [-0.2, -0.15) is 0 Å². The van der Waals surface area contributed by atoms with Crippen molar-refractivity contribution < 1.29 is 47.7 Å². The van der Waals surface area contributed by atoms with Crippen LogP contribution in [0.15, 0.2) is 22.4 Å². The number of ether oxygens (including phenoxy) is 5. The summed E-state index contributed by atoms with van der Waals surface area (Å²) >= 11 is 0. The number of carbonyl (C=O) groups is 5. The molecule has 0 saturated heterocycles. The van der Waals surface area contributed by atoms with Crippen LogP contribution in [0.25, 0.3) is 0 Å². The molecule has 0 bridgehead atoms. The highest BCUT2D eigenvalue weighted by molar-refractivity contribution is 6.24. The standard InChI is InChI=1S/C17H21NO10/c1-18(2)11-9(13(20)25-4)8(12(19)24-3)10(14(21)26-5)17(11,15(22)27-6)16(23)28-7/h1-7H3. The van der Waals surface area contributed by atoms with Crippen molar-refractivity contribution >= 4 is 29.8 Å². The Balaban J connectivity index is 4.34. The van der Waals surface area contributed by atoms with Gasteiger partial charge in [-0.15, -0.1) is 0 Å². The van der Waals surface area contributed by atoms with Crippen LogP contribution in [0, 0.1) is 5.41 Å². The minimum Gasteiger partial charge on any atom is -0.468 e. The van der Waals surface area contributed by atoms with E-state index < -0.39 is 52.0 Å². The first-order valence-electron chi connectivity index (χ1n) is 7.70. The highest BCUT2D eigenvalue weighted by atomic mass is 16.6. The molecule has 0 saturated carbocycles. The molecule has 0 N–H and O–H groups in total. The second kappa shape index (κ2) is 8.55. The maximum Gasteiger partial charge on any atom is 0.340 e. The maximum absolute atomic E-state index is 12.9. The molecule has 0 fully saturated rings. The quantitative estimate of drug-likeness (QED) is 0.308. The zero-order valence-corrected chi connectivity index (χ0v) is 16.5. The lowest BCUT2D eigenvalue weighted by atomic mass is 9.78. The van der Waals surface area contributed by atoms with Gasteiger partial charge in [-0.25, -0.2) is 14.4 Å². The summed E-state index contributed by atoms with van der Waals surface area (Å²) in [4.78, 5) is 64.6. The first kappa shape index (κ1) is 22.7. The highest BCUT2D eigenvalue weighted by Crippen LogP contribution is 2.51. The minimum atomic E-state index is -2.62. The largest absolute Gasteiger partial charge is 0.468 e. The van der Waals surface area contributed by atoms with Crippen molar-refractivity contribution in [3.05, 3.63) is 22.4 Å². The number of methoxy groups -OCH3 is 5. The topological polar surface area (TPSA) is 135 Å². The van der Waals surface area contributed by atoms with Gasteiger partial charge >= 0.3 is 29.8 Å². The Morgan fingerprint density at radius 2 is 1.04 bits per heavy atom. The first-order valence-corrected chi connectivity index (χ1v) is 7.70. The SMILES string of the molecule is COC(=O)C1=C(C(=O)OC)C(C(=O)OC)(C(=O)OC)C(N(C)C)=C1C(=O)OC. The lowest BCUT2D eigenvalue weighted by molar-refractivity contribution is -0.166. The highest BCUT2D eigenvalue weighted by Gasteiger charge is 2.66. The molecule has 0 aromatic rings. The van der Waals surface area contributed by atoms with Crippen molar-refractivity contribution in [1.82, 2.24) is 4.90 Å². The van der Waals surface area contributed by atoms with Crippen LogP contribution < -0.4 is 0 Å². The van der Waals surface area contributed by atoms with Crippen LogP contribution in [0.4, 0.5) is 0 Å². The molecule has 1 rings (SSSR count). The van der Waals surface area contributed by atoms with Crippen LogP contribution in [0.5, 0.6) is 0 Å². The molecule has 11 nitrogen and oxygen atoms in total. The Morgan fingerprint density at radius 1 is 0.643 bits per heavy atom. The third-order valence-corrected chi connectivity index (χ3v) is 4.07. The summed E-state index contributed by atoms with van der Waals surface area (Å²) in [6.07, 6.45) is 0. The normalized spacial score (nSPS) is 15.0. The molecular formula is C17H21NO10. The number of esters is 5. The van der Waals surface area contributed by atoms with E-state index in [-0.39, 0.29) is 5.70 Å². The lowest BCUT2D eigenvalue weighted by Crippen LogP contribution is -2.49. The van der Waals surface area contributed by atoms with E-state index in [4.69, 9.17) is 14.2 Å². The molecule has 0 aliphatic heterocycles. The van der Waals surface area contributed by atoms with Gasteiger partial charge in [0.1, 0.15) is 0 Å². The lowest BCUT2D eigenvalue weighted by Gasteiger charge is -2.32. The first-order chi connectivity index (χ1) is 13.1. The molecule has 1 aliphatic carbocycles. The Morgan fingerprint density at radius 3 is 1.36 bits per heavy atom. The fraction of sp³-hybridized carbons (Fsp3) is 0.471. The Hall–Kier alpha value is -3.37. The van der Waals surface area contributed by atoms with Gasteiger partial charge in [-0.3, -0.25) is 9.59 Å². The van der Waals surface area contributed by atoms with Crippen molar-refractivity contribution in [3.63, 3.8) is 0 Å². The van der Waals surface area contributed by atoms with Gasteiger partial charge in [0.15, 0.2) is 0 Å². The zero-order chi connectivity index (χ0) is 21.8. The third kappa shape index (κ3) is 3.08. The molecule has 0 radical (unpaired) electrons. The number of nitrogens with zero attached hydrogens (tertiary/aromatic N) is 1. The molecule has 0 heterocycles. The van der Waals surface area contributed by atoms with E-state index in [1.54, 1.807) is 0 Å². The molecule has 0 unspecified atom stereocenters. The van der Waals surface area contributed by atoms with Gasteiger partial charge in [-0.1, -0.05) is 0 Å². The van der Waals surface area contributed by atoms with Crippen LogP contribution in [-0.4, -0.2) is 84.4 Å². The number of hydrogen-bond donors (Lipinski definition) is 0. The van der Waals surface area contributed by atoms with Crippen LogP contribution in [-0.2, 0) is 47.7 Å². The van der Waals surface area contributed by atoms with E-state index in [0.29, 0.717) is 0 Å². The Bertz CT molecular complexity index is 774. The minimum absolute atomic E-state index is 0.362. The molecule has 11 heteroatoms. The van der Waals surface area contributed by atoms with Gasteiger partial charge < -0.3 is 28.6 Å². The van der Waals surface area contributed by atoms with E-state index >= 15 is 0 Å². The van der Waals surface area contributed by atoms with E-state index in [1.807, 2.05) is 0 Å². The molecule has 28 heavy (non-hydrogen) atoms. The van der Waals surface area contributed by atoms with E-state index in [9.17, 15) is 24.0 Å². The molecule has 0 spiro atoms. The summed E-state index contributed by atoms with van der Waals surface area (Å²) in [7, 11) is 7.67. The van der Waals surface area contributed by atoms with Crippen LogP contribution >= 0.6 is 0 Å². The summed E-state index contributed by atoms with van der Waals surface area (Å²) < 4.78 is 23.5. The summed E-state index contributed by atoms with van der Waals surface area (Å²) in [6, 6.07) is 0. The predicted molar refractivity (Wildman–Crippen MR) is 90.3 cm³/mol. The summed E-state index contributed by atoms with van der Waals surface area (Å²) in [6.45, 7) is 0. The Kier molecular flexibility index (Phi) is 6.92. The van der Waals surface area contributed by atoms with Gasteiger partial charge in [0, 0.05) is 14.1 Å². The average molecular weight is 399 g/mol. The second-order valence-corrected chi connectivity index (χ2v) is 5.58. The monoisotopic (exact) mass is 399 g/mol. The molecule has 0 atom stereocenters. The third-order valence-electron chi connectivity index (χ3n) is 4.07. The zero-order valence-electron chi connectivity index (χ0n) is 16.5. The van der Waals surface area contributed by atoms with E-state index in [0.717, 1.165) is 35.5 Å².